The maximum Gasteiger partial charge on any atom is 0.416 e. The van der Waals surface area contributed by atoms with Crippen LogP contribution in [0.15, 0.2) is 78.0 Å². The van der Waals surface area contributed by atoms with Gasteiger partial charge in [-0.2, -0.15) is 33.2 Å². The van der Waals surface area contributed by atoms with Gasteiger partial charge in [-0.3, -0.25) is 20.4 Å². The number of carboxylic acids is 1. The summed E-state index contributed by atoms with van der Waals surface area (Å²) in [4.78, 5) is 47.8. The summed E-state index contributed by atoms with van der Waals surface area (Å²) in [5.41, 5.74) is 4.35. The molecule has 63 heavy (non-hydrogen) atoms. The number of aromatic nitrogens is 6. The van der Waals surface area contributed by atoms with Gasteiger partial charge in [-0.15, -0.1) is 11.6 Å². The smallest absolute Gasteiger partial charge is 0.416 e. The Labute approximate surface area is 373 Å². The molecule has 6 aromatic rings. The fourth-order valence-electron chi connectivity index (χ4n) is 4.82. The molecule has 3 aromatic carbocycles. The Morgan fingerprint density at radius 1 is 0.984 bits per heavy atom. The summed E-state index contributed by atoms with van der Waals surface area (Å²) >= 11 is 23.1. The van der Waals surface area contributed by atoms with E-state index in [-0.39, 0.29) is 56.6 Å². The highest BCUT2D eigenvalue weighted by Gasteiger charge is 2.33. The van der Waals surface area contributed by atoms with Crippen molar-refractivity contribution in [3.8, 4) is 23.2 Å². The molecule has 0 radical (unpaired) electrons. The van der Waals surface area contributed by atoms with Crippen molar-refractivity contribution in [1.82, 2.24) is 34.4 Å². The lowest BCUT2D eigenvalue weighted by Crippen LogP contribution is -2.35. The van der Waals surface area contributed by atoms with E-state index >= 15 is 0 Å². The number of anilines is 2. The third-order valence-electron chi connectivity index (χ3n) is 7.40. The predicted molar refractivity (Wildman–Crippen MR) is 223 cm³/mol. The van der Waals surface area contributed by atoms with Gasteiger partial charge in [0.1, 0.15) is 46.2 Å². The molecule has 0 aliphatic rings. The summed E-state index contributed by atoms with van der Waals surface area (Å²) in [6, 6.07) is 12.9. The third-order valence-corrected chi connectivity index (χ3v) is 9.84. The van der Waals surface area contributed by atoms with E-state index < -0.39 is 56.8 Å². The molecule has 0 fully saturated rings. The summed E-state index contributed by atoms with van der Waals surface area (Å²) < 4.78 is 80.7. The number of methoxy groups -OCH3 is 1. The van der Waals surface area contributed by atoms with Crippen LogP contribution in [0.2, 0.25) is 15.1 Å². The second-order valence-corrected chi connectivity index (χ2v) is 15.0. The van der Waals surface area contributed by atoms with E-state index in [1.54, 1.807) is 43.5 Å². The van der Waals surface area contributed by atoms with Crippen molar-refractivity contribution < 1.29 is 55.4 Å². The largest absolute Gasteiger partial charge is 0.491 e. The first kappa shape index (κ1) is 49.2. The molecule has 0 bridgehead atoms. The van der Waals surface area contributed by atoms with Crippen LogP contribution < -0.4 is 30.0 Å². The molecule has 20 nitrogen and oxygen atoms in total. The van der Waals surface area contributed by atoms with Crippen molar-refractivity contribution in [1.29, 1.82) is 0 Å². The van der Waals surface area contributed by atoms with Crippen molar-refractivity contribution >= 4 is 96.8 Å². The molecule has 28 heteroatoms. The molecule has 0 atom stereocenters. The Morgan fingerprint density at radius 2 is 1.67 bits per heavy atom. The second kappa shape index (κ2) is 21.6. The fraction of sp³-hybridized carbons (Fsp3) is 0.171. The summed E-state index contributed by atoms with van der Waals surface area (Å²) in [5, 5.41) is 25.6. The van der Waals surface area contributed by atoms with E-state index in [0.29, 0.717) is 28.4 Å². The zero-order chi connectivity index (χ0) is 46.6. The van der Waals surface area contributed by atoms with Crippen LogP contribution >= 0.6 is 46.4 Å². The minimum absolute atomic E-state index is 0.0181. The fourth-order valence-corrected chi connectivity index (χ4v) is 6.81. The molecule has 0 spiro atoms. The number of rotatable bonds is 12. The summed E-state index contributed by atoms with van der Waals surface area (Å²) in [7, 11) is -2.85. The van der Waals surface area contributed by atoms with E-state index in [9.17, 15) is 41.3 Å². The second-order valence-electron chi connectivity index (χ2n) is 11.7. The van der Waals surface area contributed by atoms with Gasteiger partial charge in [0.15, 0.2) is 6.61 Å². The van der Waals surface area contributed by atoms with Crippen LogP contribution in [0, 0.1) is 17.0 Å². The number of carbonyl (C=O) groups excluding carboxylic acids is 1. The average molecular weight is 981 g/mol. The number of alkyl halides is 4. The summed E-state index contributed by atoms with van der Waals surface area (Å²) in [5.74, 6) is -0.622. The van der Waals surface area contributed by atoms with Gasteiger partial charge in [-0.25, -0.2) is 27.4 Å². The quantitative estimate of drug-likeness (QED) is 0.0529. The van der Waals surface area contributed by atoms with Crippen LogP contribution in [0.25, 0.3) is 16.6 Å². The third kappa shape index (κ3) is 13.3. The number of aliphatic carboxylic acids is 1. The number of nitrogens with two attached hydrogens (primary N) is 1. The lowest BCUT2D eigenvalue weighted by molar-refractivity contribution is -0.383. The number of carbonyl (C=O) groups is 2. The molecule has 0 aliphatic carbocycles. The van der Waals surface area contributed by atoms with Crippen molar-refractivity contribution in [3.05, 3.63) is 110 Å². The normalized spacial score (nSPS) is 11.0. The van der Waals surface area contributed by atoms with Gasteiger partial charge in [0.25, 0.3) is 10.0 Å². The number of carboxylic acid groups (broad SMARTS) is 1. The number of nitrogens with one attached hydrogen (secondary N) is 2. The number of hydrogen-bond donors (Lipinski definition) is 4. The van der Waals surface area contributed by atoms with Gasteiger partial charge in [-0.1, -0.05) is 46.9 Å². The number of sulfonamides is 1. The Hall–Kier alpha value is -6.47. The molecule has 5 N–H and O–H groups in total. The number of urea groups is 1. The SMILES string of the molecule is COc1nc(C)nc(NC(=O)NS(=O)(=O)c2ccccc2OCCCl)n1.Nc1c([N+](=O)[O-])cnn1-c1c(Cl)cc(C(F)(F)F)cc1Cl.O=C(O)COc1ccc(Cl)c2cccnc12. The monoisotopic (exact) mass is 978 g/mol. The molecule has 0 unspecified atom stereocenters. The van der Waals surface area contributed by atoms with Crippen molar-refractivity contribution in [3.63, 3.8) is 0 Å². The maximum atomic E-state index is 12.6. The van der Waals surface area contributed by atoms with Crippen LogP contribution in [0.1, 0.15) is 11.4 Å². The number of fused-ring (bicyclic) bond motifs is 1. The van der Waals surface area contributed by atoms with Crippen LogP contribution in [0.4, 0.5) is 35.4 Å². The van der Waals surface area contributed by atoms with Crippen LogP contribution in [0.3, 0.4) is 0 Å². The molecular formula is C35H29Cl4F3N10O10S. The van der Waals surface area contributed by atoms with Gasteiger partial charge in [0, 0.05) is 11.6 Å². The number of nitrogen functional groups attached to an aromatic ring is 1. The minimum Gasteiger partial charge on any atom is -0.491 e. The van der Waals surface area contributed by atoms with E-state index in [1.165, 1.54) is 25.3 Å². The first-order valence-electron chi connectivity index (χ1n) is 17.0. The van der Waals surface area contributed by atoms with Crippen LogP contribution in [-0.4, -0.2) is 86.4 Å². The Morgan fingerprint density at radius 3 is 2.27 bits per heavy atom. The molecule has 2 amide bonds. The summed E-state index contributed by atoms with van der Waals surface area (Å²) in [6.45, 7) is 1.28. The molecule has 0 saturated carbocycles. The standard InChI is InChI=1S/C14H16ClN5O5S.C11H8ClNO3.C10H5Cl2F3N4O2/c1-9-16-12(19-14(17-9)24-2)18-13(21)20-26(22,23)11-6-4-3-5-10(11)25-8-7-15;12-8-3-4-9(16-6-10(14)15)11-7(8)2-1-5-13-11;11-5-1-4(10(13,14)15)2-6(12)8(5)18-9(16)7(3-17-18)19(20)21/h3-6H,7-8H2,1-2H3,(H2,16,17,18,19,20,21);1-5H,6H2,(H,14,15);1-3H,16H2. The van der Waals surface area contributed by atoms with E-state index in [2.05, 4.69) is 30.4 Å². The zero-order valence-electron chi connectivity index (χ0n) is 31.9. The number of nitrogens with zero attached hydrogens (tertiary/aromatic N) is 7. The lowest BCUT2D eigenvalue weighted by atomic mass is 10.2. The van der Waals surface area contributed by atoms with Gasteiger partial charge >= 0.3 is 29.9 Å². The molecule has 334 valence electrons. The summed E-state index contributed by atoms with van der Waals surface area (Å²) in [6.07, 6.45) is -2.18. The Bertz CT molecular complexity index is 2730. The van der Waals surface area contributed by atoms with Crippen molar-refractivity contribution in [2.75, 3.05) is 37.3 Å². The topological polar surface area (TPSA) is 279 Å². The minimum atomic E-state index is -4.63. The number of amides is 2. The van der Waals surface area contributed by atoms with Gasteiger partial charge in [0.05, 0.1) is 38.5 Å². The number of hydrogen-bond acceptors (Lipinski definition) is 15. The molecule has 3 heterocycles. The number of halogens is 7. The number of benzene rings is 3. The number of ether oxygens (including phenoxy) is 3. The van der Waals surface area contributed by atoms with Crippen LogP contribution in [0.5, 0.6) is 17.5 Å². The van der Waals surface area contributed by atoms with Crippen molar-refractivity contribution in [2.24, 2.45) is 0 Å². The predicted octanol–water partition coefficient (Wildman–Crippen LogP) is 7.36. The number of aryl methyl sites for hydroxylation is 1. The lowest BCUT2D eigenvalue weighted by Gasteiger charge is -2.12. The molecular weight excluding hydrogens is 951 g/mol. The van der Waals surface area contributed by atoms with Crippen molar-refractivity contribution in [2.45, 2.75) is 18.0 Å². The van der Waals surface area contributed by atoms with E-state index in [4.69, 9.17) is 71.5 Å². The highest BCUT2D eigenvalue weighted by molar-refractivity contribution is 7.90. The molecule has 3 aromatic heterocycles. The molecule has 0 aliphatic heterocycles. The highest BCUT2D eigenvalue weighted by Crippen LogP contribution is 2.39. The average Bonchev–Trinajstić information content (AvgIpc) is 3.59. The number of para-hydroxylation sites is 1. The maximum absolute atomic E-state index is 12.6. The van der Waals surface area contributed by atoms with E-state index in [1.807, 2.05) is 4.72 Å². The number of pyridine rings is 1. The van der Waals surface area contributed by atoms with Gasteiger partial charge in [0.2, 0.25) is 11.8 Å². The molecule has 6 rings (SSSR count). The Balaban J connectivity index is 0.000000213. The first-order chi connectivity index (χ1) is 29.7. The molecule has 0 saturated heterocycles. The van der Waals surface area contributed by atoms with Gasteiger partial charge in [-0.05, 0) is 55.5 Å². The zero-order valence-corrected chi connectivity index (χ0v) is 35.8. The van der Waals surface area contributed by atoms with Gasteiger partial charge < -0.3 is 25.1 Å². The highest BCUT2D eigenvalue weighted by atomic mass is 35.5. The van der Waals surface area contributed by atoms with Crippen LogP contribution in [-0.2, 0) is 21.0 Å². The number of nitro groups is 1. The first-order valence-corrected chi connectivity index (χ1v) is 20.1. The Kier molecular flexibility index (Phi) is 16.8. The van der Waals surface area contributed by atoms with E-state index in [0.717, 1.165) is 16.3 Å².